The van der Waals surface area contributed by atoms with Crippen molar-refractivity contribution in [3.63, 3.8) is 0 Å². The molecule has 1 aliphatic rings. The van der Waals surface area contributed by atoms with Crippen LogP contribution in [0.2, 0.25) is 0 Å². The van der Waals surface area contributed by atoms with E-state index in [0.717, 1.165) is 35.4 Å². The van der Waals surface area contributed by atoms with Crippen molar-refractivity contribution in [1.82, 2.24) is 10.3 Å². The molecular weight excluding hydrogens is 364 g/mol. The van der Waals surface area contributed by atoms with Gasteiger partial charge in [0.2, 0.25) is 5.91 Å². The second-order valence-corrected chi connectivity index (χ2v) is 7.65. The first kappa shape index (κ1) is 19.4. The Morgan fingerprint density at radius 3 is 2.79 bits per heavy atom. The highest BCUT2D eigenvalue weighted by Gasteiger charge is 2.18. The number of aromatic amines is 1. The number of carbonyl (C=O) groups excluding carboxylic acids is 1. The molecule has 1 heterocycles. The number of nitrogens with one attached hydrogen (secondary N) is 2. The number of methoxy groups -OCH3 is 1. The van der Waals surface area contributed by atoms with Gasteiger partial charge in [0.05, 0.1) is 13.2 Å². The summed E-state index contributed by atoms with van der Waals surface area (Å²) in [5.74, 6) is 1.55. The molecule has 2 N–H and O–H groups in total. The fourth-order valence-corrected chi connectivity index (χ4v) is 3.98. The van der Waals surface area contributed by atoms with Crippen LogP contribution in [0.4, 0.5) is 0 Å². The maximum atomic E-state index is 12.3. The molecule has 1 fully saturated rings. The number of ether oxygens (including phenoxy) is 2. The third-order valence-electron chi connectivity index (χ3n) is 5.61. The summed E-state index contributed by atoms with van der Waals surface area (Å²) in [6.45, 7) is 0.479. The van der Waals surface area contributed by atoms with Crippen LogP contribution in [0, 0.1) is 0 Å². The standard InChI is InChI=1S/C24H28N2O3/c1-28-23-14-17(10-12-22(23)29-19-6-2-3-7-19)15-26-24(27)13-11-18-16-25-21-9-5-4-8-20(18)21/h4-5,8-10,12,14,16,19,25H,2-3,6-7,11,13,15H2,1H3,(H,26,27). The molecule has 0 radical (unpaired) electrons. The van der Waals surface area contributed by atoms with Crippen LogP contribution in [-0.2, 0) is 17.8 Å². The van der Waals surface area contributed by atoms with Gasteiger partial charge in [-0.15, -0.1) is 0 Å². The number of aromatic nitrogens is 1. The van der Waals surface area contributed by atoms with Gasteiger partial charge in [0.25, 0.3) is 0 Å². The zero-order valence-corrected chi connectivity index (χ0v) is 16.9. The van der Waals surface area contributed by atoms with Gasteiger partial charge in [0.15, 0.2) is 11.5 Å². The van der Waals surface area contributed by atoms with Crippen molar-refractivity contribution in [2.45, 2.75) is 51.2 Å². The molecule has 0 spiro atoms. The molecular formula is C24H28N2O3. The third kappa shape index (κ3) is 4.73. The lowest BCUT2D eigenvalue weighted by molar-refractivity contribution is -0.121. The number of hydrogen-bond acceptors (Lipinski definition) is 3. The minimum Gasteiger partial charge on any atom is -0.493 e. The van der Waals surface area contributed by atoms with Crippen LogP contribution < -0.4 is 14.8 Å². The maximum Gasteiger partial charge on any atom is 0.220 e. The molecule has 5 heteroatoms. The van der Waals surface area contributed by atoms with Crippen LogP contribution in [0.5, 0.6) is 11.5 Å². The maximum absolute atomic E-state index is 12.3. The van der Waals surface area contributed by atoms with Crippen molar-refractivity contribution in [1.29, 1.82) is 0 Å². The average Bonchev–Trinajstić information content (AvgIpc) is 3.41. The number of hydrogen-bond donors (Lipinski definition) is 2. The summed E-state index contributed by atoms with van der Waals surface area (Å²) >= 11 is 0. The summed E-state index contributed by atoms with van der Waals surface area (Å²) in [6, 6.07) is 14.1. The van der Waals surface area contributed by atoms with Gasteiger partial charge in [0, 0.05) is 30.1 Å². The smallest absolute Gasteiger partial charge is 0.220 e. The Hall–Kier alpha value is -2.95. The number of amides is 1. The molecule has 0 aliphatic heterocycles. The fraction of sp³-hybridized carbons (Fsp3) is 0.375. The first-order chi connectivity index (χ1) is 14.2. The normalized spacial score (nSPS) is 14.2. The summed E-state index contributed by atoms with van der Waals surface area (Å²) in [6.07, 6.45) is 8.14. The second-order valence-electron chi connectivity index (χ2n) is 7.65. The van der Waals surface area contributed by atoms with E-state index < -0.39 is 0 Å². The van der Waals surface area contributed by atoms with Gasteiger partial charge in [-0.25, -0.2) is 0 Å². The Balaban J connectivity index is 1.30. The highest BCUT2D eigenvalue weighted by Crippen LogP contribution is 2.32. The fourth-order valence-electron chi connectivity index (χ4n) is 3.98. The highest BCUT2D eigenvalue weighted by molar-refractivity contribution is 5.84. The van der Waals surface area contributed by atoms with Crippen LogP contribution >= 0.6 is 0 Å². The zero-order chi connectivity index (χ0) is 20.1. The van der Waals surface area contributed by atoms with Gasteiger partial charge in [-0.05, 0) is 61.4 Å². The number of H-pyrrole nitrogens is 1. The minimum atomic E-state index is 0.0422. The Morgan fingerprint density at radius 2 is 1.97 bits per heavy atom. The van der Waals surface area contributed by atoms with Gasteiger partial charge in [-0.2, -0.15) is 0 Å². The molecule has 1 amide bonds. The lowest BCUT2D eigenvalue weighted by Crippen LogP contribution is -2.23. The van der Waals surface area contributed by atoms with E-state index in [-0.39, 0.29) is 5.91 Å². The third-order valence-corrected chi connectivity index (χ3v) is 5.61. The van der Waals surface area contributed by atoms with Crippen LogP contribution in [0.3, 0.4) is 0 Å². The predicted molar refractivity (Wildman–Crippen MR) is 114 cm³/mol. The summed E-state index contributed by atoms with van der Waals surface area (Å²) in [7, 11) is 1.65. The Morgan fingerprint density at radius 1 is 1.14 bits per heavy atom. The first-order valence-corrected chi connectivity index (χ1v) is 10.4. The topological polar surface area (TPSA) is 63.3 Å². The largest absolute Gasteiger partial charge is 0.493 e. The second kappa shape index (κ2) is 9.03. The molecule has 0 atom stereocenters. The molecule has 1 aliphatic carbocycles. The van der Waals surface area contributed by atoms with Gasteiger partial charge in [-0.1, -0.05) is 24.3 Å². The molecule has 4 rings (SSSR count). The van der Waals surface area contributed by atoms with Crippen molar-refractivity contribution in [2.75, 3.05) is 7.11 Å². The highest BCUT2D eigenvalue weighted by atomic mass is 16.5. The van der Waals surface area contributed by atoms with Crippen LogP contribution in [-0.4, -0.2) is 24.1 Å². The average molecular weight is 392 g/mol. The van der Waals surface area contributed by atoms with E-state index >= 15 is 0 Å². The van der Waals surface area contributed by atoms with E-state index in [0.29, 0.717) is 25.5 Å². The van der Waals surface area contributed by atoms with Gasteiger partial charge in [0.1, 0.15) is 0 Å². The first-order valence-electron chi connectivity index (χ1n) is 10.4. The molecule has 3 aromatic rings. The Bertz CT molecular complexity index is 973. The van der Waals surface area contributed by atoms with Crippen LogP contribution in [0.15, 0.2) is 48.7 Å². The predicted octanol–water partition coefficient (Wildman–Crippen LogP) is 4.75. The van der Waals surface area contributed by atoms with Crippen molar-refractivity contribution < 1.29 is 14.3 Å². The molecule has 0 saturated heterocycles. The molecule has 1 aromatic heterocycles. The number of rotatable bonds is 8. The SMILES string of the molecule is COc1cc(CNC(=O)CCc2c[nH]c3ccccc23)ccc1OC1CCCC1. The summed E-state index contributed by atoms with van der Waals surface area (Å²) < 4.78 is 11.6. The number of benzene rings is 2. The van der Waals surface area contributed by atoms with Crippen molar-refractivity contribution in [2.24, 2.45) is 0 Å². The van der Waals surface area contributed by atoms with E-state index in [1.807, 2.05) is 42.6 Å². The van der Waals surface area contributed by atoms with Crippen LogP contribution in [0.25, 0.3) is 10.9 Å². The zero-order valence-electron chi connectivity index (χ0n) is 16.9. The van der Waals surface area contributed by atoms with E-state index in [1.54, 1.807) is 7.11 Å². The number of para-hydroxylation sites is 1. The number of aryl methyl sites for hydroxylation is 1. The lowest BCUT2D eigenvalue weighted by atomic mass is 10.1. The molecule has 1 saturated carbocycles. The molecule has 0 bridgehead atoms. The lowest BCUT2D eigenvalue weighted by Gasteiger charge is -2.16. The Kier molecular flexibility index (Phi) is 6.03. The minimum absolute atomic E-state index is 0.0422. The van der Waals surface area contributed by atoms with Crippen molar-refractivity contribution in [3.8, 4) is 11.5 Å². The molecule has 152 valence electrons. The summed E-state index contributed by atoms with van der Waals surface area (Å²) in [5.41, 5.74) is 3.28. The van der Waals surface area contributed by atoms with E-state index in [9.17, 15) is 4.79 Å². The monoisotopic (exact) mass is 392 g/mol. The van der Waals surface area contributed by atoms with Crippen molar-refractivity contribution in [3.05, 3.63) is 59.8 Å². The Labute approximate surface area is 171 Å². The molecule has 2 aromatic carbocycles. The summed E-state index contributed by atoms with van der Waals surface area (Å²) in [5, 5.41) is 4.19. The number of carbonyl (C=O) groups is 1. The van der Waals surface area contributed by atoms with E-state index in [2.05, 4.69) is 16.4 Å². The van der Waals surface area contributed by atoms with Gasteiger partial charge in [-0.3, -0.25) is 4.79 Å². The van der Waals surface area contributed by atoms with Gasteiger partial charge < -0.3 is 19.8 Å². The van der Waals surface area contributed by atoms with Gasteiger partial charge >= 0.3 is 0 Å². The molecule has 5 nitrogen and oxygen atoms in total. The van der Waals surface area contributed by atoms with Crippen molar-refractivity contribution >= 4 is 16.8 Å². The molecule has 0 unspecified atom stereocenters. The summed E-state index contributed by atoms with van der Waals surface area (Å²) in [4.78, 5) is 15.6. The van der Waals surface area contributed by atoms with Crippen LogP contribution in [0.1, 0.15) is 43.2 Å². The number of fused-ring (bicyclic) bond motifs is 1. The quantitative estimate of drug-likeness (QED) is 0.582. The van der Waals surface area contributed by atoms with E-state index in [1.165, 1.54) is 23.8 Å². The van der Waals surface area contributed by atoms with E-state index in [4.69, 9.17) is 9.47 Å². The molecule has 29 heavy (non-hydrogen) atoms.